The maximum atomic E-state index is 9.51. The van der Waals surface area contributed by atoms with Gasteiger partial charge in [0, 0.05) is 5.41 Å². The minimum Gasteiger partial charge on any atom is -0.508 e. The Labute approximate surface area is 91.1 Å². The topological polar surface area (TPSA) is 41.8 Å². The molecule has 0 bridgehead atoms. The fraction of sp³-hybridized carbons (Fsp3) is 0.583. The van der Waals surface area contributed by atoms with Gasteiger partial charge in [-0.3, -0.25) is 0 Å². The van der Waals surface area contributed by atoms with Crippen LogP contribution in [-0.2, 0) is 4.84 Å². The van der Waals surface area contributed by atoms with E-state index >= 15 is 0 Å². The number of oxime groups is 1. The second kappa shape index (κ2) is 4.51. The summed E-state index contributed by atoms with van der Waals surface area (Å²) in [7, 11) is 1.55. The van der Waals surface area contributed by atoms with Crippen molar-refractivity contribution in [2.75, 3.05) is 7.11 Å². The van der Waals surface area contributed by atoms with Crippen molar-refractivity contribution >= 4 is 5.71 Å². The van der Waals surface area contributed by atoms with Gasteiger partial charge in [-0.1, -0.05) is 25.1 Å². The third-order valence-corrected chi connectivity index (χ3v) is 2.88. The molecule has 15 heavy (non-hydrogen) atoms. The van der Waals surface area contributed by atoms with Gasteiger partial charge in [0.05, 0.1) is 5.71 Å². The number of aliphatic hydroxyl groups excluding tert-OH is 1. The Morgan fingerprint density at radius 2 is 2.33 bits per heavy atom. The first-order valence-electron chi connectivity index (χ1n) is 5.16. The highest BCUT2D eigenvalue weighted by molar-refractivity contribution is 5.89. The standard InChI is InChI=1S/C12H19NO2/c1-9-7-11(14)5-6-12(3,8-9)10(2)13-15-4/h5-7,9,14H,8H2,1-4H3/b13-10+. The second-order valence-electron chi connectivity index (χ2n) is 4.38. The van der Waals surface area contributed by atoms with E-state index in [9.17, 15) is 5.11 Å². The van der Waals surface area contributed by atoms with E-state index in [2.05, 4.69) is 19.0 Å². The first-order chi connectivity index (χ1) is 6.98. The van der Waals surface area contributed by atoms with Crippen LogP contribution < -0.4 is 0 Å². The molecule has 2 atom stereocenters. The molecule has 84 valence electrons. The van der Waals surface area contributed by atoms with Crippen LogP contribution in [0.25, 0.3) is 0 Å². The summed E-state index contributed by atoms with van der Waals surface area (Å²) in [5, 5.41) is 13.5. The van der Waals surface area contributed by atoms with Gasteiger partial charge in [0.2, 0.25) is 0 Å². The van der Waals surface area contributed by atoms with Crippen molar-refractivity contribution in [1.29, 1.82) is 0 Å². The molecule has 1 rings (SSSR count). The molecule has 0 aromatic carbocycles. The molecule has 0 saturated heterocycles. The number of hydrogen-bond donors (Lipinski definition) is 1. The maximum Gasteiger partial charge on any atom is 0.111 e. The smallest absolute Gasteiger partial charge is 0.111 e. The first kappa shape index (κ1) is 11.8. The highest BCUT2D eigenvalue weighted by Gasteiger charge is 2.29. The van der Waals surface area contributed by atoms with Crippen molar-refractivity contribution in [3.63, 3.8) is 0 Å². The van der Waals surface area contributed by atoms with E-state index in [0.29, 0.717) is 11.7 Å². The molecule has 1 aliphatic rings. The van der Waals surface area contributed by atoms with E-state index in [1.807, 2.05) is 19.1 Å². The average molecular weight is 209 g/mol. The van der Waals surface area contributed by atoms with E-state index in [0.717, 1.165) is 12.1 Å². The average Bonchev–Trinajstić information content (AvgIpc) is 2.26. The zero-order chi connectivity index (χ0) is 11.5. The predicted octanol–water partition coefficient (Wildman–Crippen LogP) is 3.05. The molecule has 2 unspecified atom stereocenters. The van der Waals surface area contributed by atoms with Crippen molar-refractivity contribution < 1.29 is 9.94 Å². The molecule has 0 aliphatic heterocycles. The minimum absolute atomic E-state index is 0.142. The van der Waals surface area contributed by atoms with Crippen LogP contribution in [0.4, 0.5) is 0 Å². The van der Waals surface area contributed by atoms with Crippen molar-refractivity contribution in [1.82, 2.24) is 0 Å². The summed E-state index contributed by atoms with van der Waals surface area (Å²) in [5.74, 6) is 0.656. The van der Waals surface area contributed by atoms with Gasteiger partial charge in [-0.15, -0.1) is 0 Å². The van der Waals surface area contributed by atoms with Gasteiger partial charge < -0.3 is 9.94 Å². The summed E-state index contributed by atoms with van der Waals surface area (Å²) in [6.07, 6.45) is 6.51. The third kappa shape index (κ3) is 2.85. The van der Waals surface area contributed by atoms with Gasteiger partial charge >= 0.3 is 0 Å². The Kier molecular flexibility index (Phi) is 3.56. The van der Waals surface area contributed by atoms with E-state index in [4.69, 9.17) is 4.84 Å². The number of rotatable bonds is 2. The maximum absolute atomic E-state index is 9.51. The lowest BCUT2D eigenvalue weighted by Crippen LogP contribution is -2.25. The quantitative estimate of drug-likeness (QED) is 0.561. The summed E-state index contributed by atoms with van der Waals surface area (Å²) in [4.78, 5) is 4.80. The van der Waals surface area contributed by atoms with Crippen molar-refractivity contribution in [2.45, 2.75) is 27.2 Å². The molecule has 1 aliphatic carbocycles. The van der Waals surface area contributed by atoms with Crippen LogP contribution in [0.1, 0.15) is 27.2 Å². The molecule has 0 saturated carbocycles. The van der Waals surface area contributed by atoms with Gasteiger partial charge in [0.15, 0.2) is 0 Å². The largest absolute Gasteiger partial charge is 0.508 e. The predicted molar refractivity (Wildman–Crippen MR) is 61.9 cm³/mol. The van der Waals surface area contributed by atoms with E-state index in [1.54, 1.807) is 13.2 Å². The minimum atomic E-state index is -0.142. The Balaban J connectivity index is 2.96. The third-order valence-electron chi connectivity index (χ3n) is 2.88. The molecule has 3 nitrogen and oxygen atoms in total. The lowest BCUT2D eigenvalue weighted by atomic mass is 9.78. The molecular formula is C12H19NO2. The van der Waals surface area contributed by atoms with Crippen LogP contribution >= 0.6 is 0 Å². The highest BCUT2D eigenvalue weighted by Crippen LogP contribution is 2.33. The monoisotopic (exact) mass is 209 g/mol. The molecule has 0 amide bonds. The van der Waals surface area contributed by atoms with Crippen molar-refractivity contribution in [3.8, 4) is 0 Å². The Bertz CT molecular complexity index is 318. The molecule has 3 heteroatoms. The molecule has 0 radical (unpaired) electrons. The Hall–Kier alpha value is -1.25. The summed E-state index contributed by atoms with van der Waals surface area (Å²) < 4.78 is 0. The second-order valence-corrected chi connectivity index (χ2v) is 4.38. The van der Waals surface area contributed by atoms with Gasteiger partial charge in [0.25, 0.3) is 0 Å². The van der Waals surface area contributed by atoms with E-state index < -0.39 is 0 Å². The Morgan fingerprint density at radius 3 is 2.93 bits per heavy atom. The van der Waals surface area contributed by atoms with Crippen LogP contribution in [0.2, 0.25) is 0 Å². The summed E-state index contributed by atoms with van der Waals surface area (Å²) in [5.41, 5.74) is 0.785. The van der Waals surface area contributed by atoms with E-state index in [1.165, 1.54) is 0 Å². The molecular weight excluding hydrogens is 190 g/mol. The normalized spacial score (nSPS) is 32.1. The zero-order valence-electron chi connectivity index (χ0n) is 9.82. The highest BCUT2D eigenvalue weighted by atomic mass is 16.6. The van der Waals surface area contributed by atoms with Gasteiger partial charge in [-0.05, 0) is 31.4 Å². The van der Waals surface area contributed by atoms with Crippen molar-refractivity contribution in [2.24, 2.45) is 16.5 Å². The zero-order valence-corrected chi connectivity index (χ0v) is 9.82. The molecule has 0 fully saturated rings. The summed E-state index contributed by atoms with van der Waals surface area (Å²) >= 11 is 0. The molecule has 0 aromatic rings. The SMILES string of the molecule is CO/N=C(\C)C1(C)C=CC(O)=CC(C)C1. The van der Waals surface area contributed by atoms with Gasteiger partial charge in [-0.2, -0.15) is 0 Å². The summed E-state index contributed by atoms with van der Waals surface area (Å²) in [6.45, 7) is 6.13. The number of nitrogens with zero attached hydrogens (tertiary/aromatic N) is 1. The van der Waals surface area contributed by atoms with E-state index in [-0.39, 0.29) is 5.41 Å². The van der Waals surface area contributed by atoms with Gasteiger partial charge in [-0.25, -0.2) is 0 Å². The summed E-state index contributed by atoms with van der Waals surface area (Å²) in [6, 6.07) is 0. The van der Waals surface area contributed by atoms with Crippen LogP contribution in [0.15, 0.2) is 29.1 Å². The van der Waals surface area contributed by atoms with Crippen LogP contribution in [-0.4, -0.2) is 17.9 Å². The molecule has 0 heterocycles. The lowest BCUT2D eigenvalue weighted by Gasteiger charge is -2.26. The first-order valence-corrected chi connectivity index (χ1v) is 5.16. The fourth-order valence-corrected chi connectivity index (χ4v) is 1.92. The lowest BCUT2D eigenvalue weighted by molar-refractivity contribution is 0.208. The van der Waals surface area contributed by atoms with Crippen molar-refractivity contribution in [3.05, 3.63) is 24.0 Å². The Morgan fingerprint density at radius 1 is 1.67 bits per heavy atom. The molecule has 0 aromatic heterocycles. The number of allylic oxidation sites excluding steroid dienone is 3. The number of hydrogen-bond acceptors (Lipinski definition) is 3. The van der Waals surface area contributed by atoms with Crippen LogP contribution in [0.3, 0.4) is 0 Å². The van der Waals surface area contributed by atoms with Crippen LogP contribution in [0, 0.1) is 11.3 Å². The fourth-order valence-electron chi connectivity index (χ4n) is 1.92. The molecule has 1 N–H and O–H groups in total. The number of aliphatic hydroxyl groups is 1. The van der Waals surface area contributed by atoms with Gasteiger partial charge in [0.1, 0.15) is 12.9 Å². The van der Waals surface area contributed by atoms with Crippen LogP contribution in [0.5, 0.6) is 0 Å². The molecule has 0 spiro atoms.